The van der Waals surface area contributed by atoms with Crippen molar-refractivity contribution < 1.29 is 9.90 Å². The Kier molecular flexibility index (Phi) is 3.89. The van der Waals surface area contributed by atoms with Gasteiger partial charge in [0.2, 0.25) is 0 Å². The van der Waals surface area contributed by atoms with Gasteiger partial charge in [-0.15, -0.1) is 11.3 Å². The highest BCUT2D eigenvalue weighted by Crippen LogP contribution is 2.30. The molecule has 4 nitrogen and oxygen atoms in total. The number of hydrogen-bond acceptors (Lipinski definition) is 4. The number of aryl methyl sites for hydroxylation is 1. The third-order valence-corrected chi connectivity index (χ3v) is 4.17. The first-order valence-electron chi connectivity index (χ1n) is 6.75. The summed E-state index contributed by atoms with van der Waals surface area (Å²) in [5.74, 6) is -0.167. The Hall–Kier alpha value is -2.66. The van der Waals surface area contributed by atoms with Crippen molar-refractivity contribution in [3.8, 4) is 16.9 Å². The summed E-state index contributed by atoms with van der Waals surface area (Å²) >= 11 is 1.36. The number of anilines is 1. The summed E-state index contributed by atoms with van der Waals surface area (Å²) < 4.78 is 0. The zero-order valence-electron chi connectivity index (χ0n) is 11.9. The normalized spacial score (nSPS) is 10.4. The van der Waals surface area contributed by atoms with Gasteiger partial charge in [-0.3, -0.25) is 4.79 Å². The Morgan fingerprint density at radius 1 is 1.18 bits per heavy atom. The lowest BCUT2D eigenvalue weighted by Gasteiger charge is -2.07. The van der Waals surface area contributed by atoms with Crippen LogP contribution in [0, 0.1) is 6.92 Å². The summed E-state index contributed by atoms with van der Waals surface area (Å²) in [6.45, 7) is 2.02. The molecule has 0 fully saturated rings. The minimum Gasteiger partial charge on any atom is -0.504 e. The van der Waals surface area contributed by atoms with Gasteiger partial charge in [0, 0.05) is 11.8 Å². The van der Waals surface area contributed by atoms with E-state index in [0.29, 0.717) is 4.88 Å². The summed E-state index contributed by atoms with van der Waals surface area (Å²) in [5.41, 5.74) is 3.03. The van der Waals surface area contributed by atoms with Crippen molar-refractivity contribution in [3.63, 3.8) is 0 Å². The van der Waals surface area contributed by atoms with Gasteiger partial charge in [-0.1, -0.05) is 29.8 Å². The summed E-state index contributed by atoms with van der Waals surface area (Å²) in [6, 6.07) is 13.0. The Bertz CT molecular complexity index is 810. The number of hydrogen-bond donors (Lipinski definition) is 2. The number of thiophene rings is 1. The summed E-state index contributed by atoms with van der Waals surface area (Å²) in [6.07, 6.45) is 1.52. The van der Waals surface area contributed by atoms with E-state index in [9.17, 15) is 9.90 Å². The predicted molar refractivity (Wildman–Crippen MR) is 88.3 cm³/mol. The van der Waals surface area contributed by atoms with Crippen LogP contribution in [-0.2, 0) is 0 Å². The molecule has 0 atom stereocenters. The Morgan fingerprint density at radius 2 is 1.95 bits per heavy atom. The molecule has 22 heavy (non-hydrogen) atoms. The fraction of sp³-hybridized carbons (Fsp3) is 0.0588. The smallest absolute Gasteiger partial charge is 0.267 e. The molecular formula is C17H14N2O2S. The maximum Gasteiger partial charge on any atom is 0.267 e. The molecule has 0 radical (unpaired) electrons. The molecule has 0 spiro atoms. The second-order valence-electron chi connectivity index (χ2n) is 4.85. The molecule has 2 aromatic heterocycles. The fourth-order valence-electron chi connectivity index (χ4n) is 2.10. The van der Waals surface area contributed by atoms with Crippen molar-refractivity contribution in [2.75, 3.05) is 5.32 Å². The Morgan fingerprint density at radius 3 is 2.68 bits per heavy atom. The van der Waals surface area contributed by atoms with Gasteiger partial charge < -0.3 is 10.4 Å². The predicted octanol–water partition coefficient (Wildman–Crippen LogP) is 4.08. The molecule has 2 N–H and O–H groups in total. The summed E-state index contributed by atoms with van der Waals surface area (Å²) in [7, 11) is 0. The van der Waals surface area contributed by atoms with Gasteiger partial charge in [-0.25, -0.2) is 4.98 Å². The quantitative estimate of drug-likeness (QED) is 0.766. The van der Waals surface area contributed by atoms with Gasteiger partial charge in [0.25, 0.3) is 5.91 Å². The van der Waals surface area contributed by atoms with Crippen molar-refractivity contribution in [2.45, 2.75) is 6.92 Å². The van der Waals surface area contributed by atoms with E-state index in [1.54, 1.807) is 6.07 Å². The molecule has 5 heteroatoms. The first-order chi connectivity index (χ1) is 10.6. The molecule has 1 amide bonds. The van der Waals surface area contributed by atoms with E-state index in [2.05, 4.69) is 10.3 Å². The van der Waals surface area contributed by atoms with Crippen LogP contribution in [0.2, 0.25) is 0 Å². The maximum absolute atomic E-state index is 12.4. The number of benzene rings is 1. The Balaban J connectivity index is 1.90. The van der Waals surface area contributed by atoms with E-state index >= 15 is 0 Å². The molecule has 1 aromatic carbocycles. The number of carbonyl (C=O) groups is 1. The van der Waals surface area contributed by atoms with Crippen LogP contribution in [0.15, 0.2) is 54.0 Å². The van der Waals surface area contributed by atoms with Crippen LogP contribution in [-0.4, -0.2) is 16.0 Å². The molecule has 2 heterocycles. The average molecular weight is 310 g/mol. The van der Waals surface area contributed by atoms with Crippen LogP contribution in [0.4, 0.5) is 5.82 Å². The monoisotopic (exact) mass is 310 g/mol. The van der Waals surface area contributed by atoms with Crippen LogP contribution in [0.5, 0.6) is 5.75 Å². The number of amides is 1. The third-order valence-electron chi connectivity index (χ3n) is 3.25. The van der Waals surface area contributed by atoms with Crippen molar-refractivity contribution in [2.24, 2.45) is 0 Å². The van der Waals surface area contributed by atoms with Crippen molar-refractivity contribution in [1.29, 1.82) is 0 Å². The van der Waals surface area contributed by atoms with E-state index < -0.39 is 0 Å². The minimum atomic E-state index is -0.278. The maximum atomic E-state index is 12.4. The average Bonchev–Trinajstić information content (AvgIpc) is 3.00. The summed E-state index contributed by atoms with van der Waals surface area (Å²) in [5, 5.41) is 14.2. The number of aromatic nitrogens is 1. The number of rotatable bonds is 3. The molecule has 3 rings (SSSR count). The zero-order chi connectivity index (χ0) is 15.5. The second kappa shape index (κ2) is 5.99. The topological polar surface area (TPSA) is 62.2 Å². The fourth-order valence-corrected chi connectivity index (χ4v) is 2.91. The number of carbonyl (C=O) groups excluding carboxylic acids is 1. The number of nitrogens with one attached hydrogen (secondary N) is 1. The van der Waals surface area contributed by atoms with Crippen LogP contribution < -0.4 is 5.32 Å². The van der Waals surface area contributed by atoms with Gasteiger partial charge in [-0.2, -0.15) is 0 Å². The van der Waals surface area contributed by atoms with Gasteiger partial charge in [0.05, 0.1) is 0 Å². The Labute approximate surface area is 132 Å². The van der Waals surface area contributed by atoms with E-state index in [4.69, 9.17) is 0 Å². The van der Waals surface area contributed by atoms with E-state index in [1.165, 1.54) is 29.2 Å². The molecule has 0 saturated heterocycles. The standard InChI is InChI=1S/C17H14N2O2S/c1-11-4-6-12(7-5-11)13-8-10-22-15(13)17(21)19-16-14(20)3-2-9-18-16/h2-10,20H,1H3,(H,18,19,21). The van der Waals surface area contributed by atoms with E-state index in [1.807, 2.05) is 42.6 Å². The highest BCUT2D eigenvalue weighted by molar-refractivity contribution is 7.12. The summed E-state index contributed by atoms with van der Waals surface area (Å²) in [4.78, 5) is 17.0. The minimum absolute atomic E-state index is 0.0516. The second-order valence-corrected chi connectivity index (χ2v) is 5.77. The first-order valence-corrected chi connectivity index (χ1v) is 7.63. The van der Waals surface area contributed by atoms with Gasteiger partial charge in [-0.05, 0) is 36.1 Å². The van der Waals surface area contributed by atoms with Crippen LogP contribution in [0.3, 0.4) is 0 Å². The SMILES string of the molecule is Cc1ccc(-c2ccsc2C(=O)Nc2ncccc2O)cc1. The van der Waals surface area contributed by atoms with Gasteiger partial charge in [0.1, 0.15) is 4.88 Å². The molecule has 0 unspecified atom stereocenters. The molecule has 3 aromatic rings. The highest BCUT2D eigenvalue weighted by Gasteiger charge is 2.16. The molecule has 0 bridgehead atoms. The molecule has 0 aliphatic rings. The lowest BCUT2D eigenvalue weighted by Crippen LogP contribution is -2.12. The lowest BCUT2D eigenvalue weighted by atomic mass is 10.0. The largest absolute Gasteiger partial charge is 0.504 e. The highest BCUT2D eigenvalue weighted by atomic mass is 32.1. The van der Waals surface area contributed by atoms with Crippen molar-refractivity contribution >= 4 is 23.1 Å². The van der Waals surface area contributed by atoms with Gasteiger partial charge >= 0.3 is 0 Å². The molecule has 110 valence electrons. The molecule has 0 aliphatic carbocycles. The molecule has 0 aliphatic heterocycles. The van der Waals surface area contributed by atoms with E-state index in [0.717, 1.165) is 11.1 Å². The molecule has 0 saturated carbocycles. The first kappa shape index (κ1) is 14.3. The third kappa shape index (κ3) is 2.84. The zero-order valence-corrected chi connectivity index (χ0v) is 12.7. The van der Waals surface area contributed by atoms with E-state index in [-0.39, 0.29) is 17.5 Å². The van der Waals surface area contributed by atoms with Crippen LogP contribution in [0.1, 0.15) is 15.2 Å². The molecular weight excluding hydrogens is 296 g/mol. The van der Waals surface area contributed by atoms with Gasteiger partial charge in [0.15, 0.2) is 11.6 Å². The van der Waals surface area contributed by atoms with Crippen LogP contribution >= 0.6 is 11.3 Å². The number of aromatic hydroxyl groups is 1. The van der Waals surface area contributed by atoms with Crippen molar-refractivity contribution in [3.05, 3.63) is 64.5 Å². The number of nitrogens with zero attached hydrogens (tertiary/aromatic N) is 1. The van der Waals surface area contributed by atoms with Crippen LogP contribution in [0.25, 0.3) is 11.1 Å². The number of pyridine rings is 1. The van der Waals surface area contributed by atoms with Crippen molar-refractivity contribution in [1.82, 2.24) is 4.98 Å². The lowest BCUT2D eigenvalue weighted by molar-refractivity contribution is 0.103.